The predicted molar refractivity (Wildman–Crippen MR) is 65.1 cm³/mol. The van der Waals surface area contributed by atoms with E-state index in [2.05, 4.69) is 4.74 Å². The molecule has 1 heterocycles. The van der Waals surface area contributed by atoms with Gasteiger partial charge in [0.1, 0.15) is 6.04 Å². The number of carbonyl (C=O) groups is 2. The summed E-state index contributed by atoms with van der Waals surface area (Å²) in [5, 5.41) is 9.23. The number of carbonyl (C=O) groups excluding carboxylic acids is 1. The van der Waals surface area contributed by atoms with Gasteiger partial charge in [-0.1, -0.05) is 12.8 Å². The molecule has 0 radical (unpaired) electrons. The Hall–Kier alpha value is -1.10. The number of hydrogen-bond acceptors (Lipinski definition) is 4. The fourth-order valence-electron chi connectivity index (χ4n) is 3.30. The lowest BCUT2D eigenvalue weighted by Crippen LogP contribution is -2.60. The first-order valence-corrected chi connectivity index (χ1v) is 6.60. The van der Waals surface area contributed by atoms with Gasteiger partial charge in [-0.3, -0.25) is 14.5 Å². The van der Waals surface area contributed by atoms with Crippen LogP contribution < -0.4 is 0 Å². The van der Waals surface area contributed by atoms with E-state index in [1.165, 1.54) is 32.8 Å². The summed E-state index contributed by atoms with van der Waals surface area (Å²) in [4.78, 5) is 24.3. The normalized spacial score (nSPS) is 23.6. The topological polar surface area (TPSA) is 66.8 Å². The van der Waals surface area contributed by atoms with Crippen LogP contribution in [-0.2, 0) is 14.3 Å². The van der Waals surface area contributed by atoms with Crippen LogP contribution in [0, 0.1) is 5.41 Å². The first kappa shape index (κ1) is 13.3. The molecule has 5 heteroatoms. The third-order valence-electron chi connectivity index (χ3n) is 4.32. The van der Waals surface area contributed by atoms with Gasteiger partial charge in [0.15, 0.2) is 0 Å². The number of methoxy groups -OCH3 is 1. The monoisotopic (exact) mass is 255 g/mol. The molecule has 1 unspecified atom stereocenters. The summed E-state index contributed by atoms with van der Waals surface area (Å²) in [6, 6.07) is -0.532. The van der Waals surface area contributed by atoms with Crippen molar-refractivity contribution < 1.29 is 19.4 Å². The minimum absolute atomic E-state index is 0.178. The summed E-state index contributed by atoms with van der Waals surface area (Å²) >= 11 is 0. The van der Waals surface area contributed by atoms with E-state index in [0.717, 1.165) is 13.1 Å². The molecule has 2 aliphatic rings. The number of aliphatic carboxylic acids is 1. The summed E-state index contributed by atoms with van der Waals surface area (Å²) in [5.41, 5.74) is 0.388. The van der Waals surface area contributed by atoms with Crippen LogP contribution in [0.15, 0.2) is 0 Å². The van der Waals surface area contributed by atoms with Crippen LogP contribution in [-0.4, -0.2) is 48.2 Å². The number of ether oxygens (including phenoxy) is 1. The van der Waals surface area contributed by atoms with Crippen molar-refractivity contribution in [3.05, 3.63) is 0 Å². The molecule has 2 rings (SSSR count). The SMILES string of the molecule is COC(=O)CCC(C(=O)O)N1CC2(CCCC2)C1. The van der Waals surface area contributed by atoms with Gasteiger partial charge in [-0.05, 0) is 24.7 Å². The van der Waals surface area contributed by atoms with Gasteiger partial charge in [0.2, 0.25) is 0 Å². The van der Waals surface area contributed by atoms with Gasteiger partial charge < -0.3 is 9.84 Å². The quantitative estimate of drug-likeness (QED) is 0.749. The van der Waals surface area contributed by atoms with Crippen LogP contribution in [0.25, 0.3) is 0 Å². The maximum absolute atomic E-state index is 11.2. The van der Waals surface area contributed by atoms with Crippen molar-refractivity contribution in [2.24, 2.45) is 5.41 Å². The summed E-state index contributed by atoms with van der Waals surface area (Å²) in [6.07, 6.45) is 5.52. The van der Waals surface area contributed by atoms with Crippen molar-refractivity contribution in [3.8, 4) is 0 Å². The molecule has 0 aromatic carbocycles. The van der Waals surface area contributed by atoms with Crippen molar-refractivity contribution in [3.63, 3.8) is 0 Å². The first-order chi connectivity index (χ1) is 8.56. The van der Waals surface area contributed by atoms with E-state index >= 15 is 0 Å². The largest absolute Gasteiger partial charge is 0.480 e. The minimum Gasteiger partial charge on any atom is -0.480 e. The van der Waals surface area contributed by atoms with Crippen molar-refractivity contribution in [2.45, 2.75) is 44.6 Å². The van der Waals surface area contributed by atoms with E-state index in [9.17, 15) is 14.7 Å². The van der Waals surface area contributed by atoms with Crippen molar-refractivity contribution >= 4 is 11.9 Å². The van der Waals surface area contributed by atoms with E-state index in [0.29, 0.717) is 11.8 Å². The standard InChI is InChI=1S/C13H21NO4/c1-18-11(15)5-4-10(12(16)17)14-8-13(9-14)6-2-3-7-13/h10H,2-9H2,1H3,(H,16,17). The van der Waals surface area contributed by atoms with Gasteiger partial charge in [-0.25, -0.2) is 0 Å². The molecular formula is C13H21NO4. The van der Waals surface area contributed by atoms with E-state index in [1.54, 1.807) is 0 Å². The number of hydrogen-bond donors (Lipinski definition) is 1. The number of carboxylic acid groups (broad SMARTS) is 1. The van der Waals surface area contributed by atoms with Gasteiger partial charge in [-0.2, -0.15) is 0 Å². The molecule has 1 saturated carbocycles. The van der Waals surface area contributed by atoms with E-state index in [1.807, 2.05) is 4.90 Å². The molecule has 0 amide bonds. The highest BCUT2D eigenvalue weighted by atomic mass is 16.5. The van der Waals surface area contributed by atoms with Crippen molar-refractivity contribution in [1.82, 2.24) is 4.90 Å². The van der Waals surface area contributed by atoms with Gasteiger partial charge in [-0.15, -0.1) is 0 Å². The zero-order chi connectivity index (χ0) is 13.2. The lowest BCUT2D eigenvalue weighted by molar-refractivity contribution is -0.151. The van der Waals surface area contributed by atoms with Crippen molar-refractivity contribution in [1.29, 1.82) is 0 Å². The zero-order valence-corrected chi connectivity index (χ0v) is 10.9. The Bertz CT molecular complexity index is 328. The first-order valence-electron chi connectivity index (χ1n) is 6.60. The average molecular weight is 255 g/mol. The number of carboxylic acids is 1. The molecule has 0 aromatic rings. The van der Waals surface area contributed by atoms with Gasteiger partial charge >= 0.3 is 11.9 Å². The molecule has 1 aliphatic heterocycles. The lowest BCUT2D eigenvalue weighted by atomic mass is 9.77. The average Bonchev–Trinajstić information content (AvgIpc) is 2.77. The molecule has 0 bridgehead atoms. The molecule has 1 N–H and O–H groups in total. The van der Waals surface area contributed by atoms with E-state index in [4.69, 9.17) is 0 Å². The summed E-state index contributed by atoms with van der Waals surface area (Å²) < 4.78 is 4.55. The van der Waals surface area contributed by atoms with Crippen LogP contribution in [0.3, 0.4) is 0 Å². The Morgan fingerprint density at radius 1 is 1.33 bits per heavy atom. The Balaban J connectivity index is 1.84. The number of esters is 1. The van der Waals surface area contributed by atoms with Gasteiger partial charge in [0.25, 0.3) is 0 Å². The molecule has 5 nitrogen and oxygen atoms in total. The lowest BCUT2D eigenvalue weighted by Gasteiger charge is -2.50. The zero-order valence-electron chi connectivity index (χ0n) is 10.9. The highest BCUT2D eigenvalue weighted by molar-refractivity contribution is 5.75. The highest BCUT2D eigenvalue weighted by Gasteiger charge is 2.48. The van der Waals surface area contributed by atoms with Crippen LogP contribution in [0.5, 0.6) is 0 Å². The molecular weight excluding hydrogens is 234 g/mol. The van der Waals surface area contributed by atoms with E-state index < -0.39 is 12.0 Å². The minimum atomic E-state index is -0.827. The Morgan fingerprint density at radius 3 is 2.44 bits per heavy atom. The Kier molecular flexibility index (Phi) is 3.90. The summed E-state index contributed by atoms with van der Waals surface area (Å²) in [7, 11) is 1.33. The maximum Gasteiger partial charge on any atom is 0.320 e. The molecule has 1 saturated heterocycles. The second kappa shape index (κ2) is 5.26. The molecule has 2 fully saturated rings. The highest BCUT2D eigenvalue weighted by Crippen LogP contribution is 2.46. The Labute approximate surface area is 107 Å². The molecule has 0 aromatic heterocycles. The molecule has 18 heavy (non-hydrogen) atoms. The number of nitrogens with zero attached hydrogens (tertiary/aromatic N) is 1. The third-order valence-corrected chi connectivity index (χ3v) is 4.32. The van der Waals surface area contributed by atoms with Crippen molar-refractivity contribution in [2.75, 3.05) is 20.2 Å². The fraction of sp³-hybridized carbons (Fsp3) is 0.846. The van der Waals surface area contributed by atoms with Crippen LogP contribution in [0.4, 0.5) is 0 Å². The summed E-state index contributed by atoms with van der Waals surface area (Å²) in [6.45, 7) is 1.76. The molecule has 1 spiro atoms. The smallest absolute Gasteiger partial charge is 0.320 e. The maximum atomic E-state index is 11.2. The van der Waals surface area contributed by atoms with Crippen LogP contribution >= 0.6 is 0 Å². The molecule has 102 valence electrons. The third kappa shape index (κ3) is 2.66. The van der Waals surface area contributed by atoms with Crippen LogP contribution in [0.2, 0.25) is 0 Å². The molecule has 1 aliphatic carbocycles. The molecule has 1 atom stereocenters. The number of likely N-dealkylation sites (tertiary alicyclic amines) is 1. The van der Waals surface area contributed by atoms with E-state index in [-0.39, 0.29) is 12.4 Å². The van der Waals surface area contributed by atoms with Gasteiger partial charge in [0.05, 0.1) is 7.11 Å². The van der Waals surface area contributed by atoms with Crippen LogP contribution in [0.1, 0.15) is 38.5 Å². The fourth-order valence-corrected chi connectivity index (χ4v) is 3.30. The van der Waals surface area contributed by atoms with Gasteiger partial charge in [0, 0.05) is 19.5 Å². The Morgan fingerprint density at radius 2 is 1.94 bits per heavy atom. The second-order valence-electron chi connectivity index (χ2n) is 5.58. The predicted octanol–water partition coefficient (Wildman–Crippen LogP) is 1.27. The summed E-state index contributed by atoms with van der Waals surface area (Å²) in [5.74, 6) is -1.16. The number of rotatable bonds is 5. The second-order valence-corrected chi connectivity index (χ2v) is 5.58.